The van der Waals surface area contributed by atoms with Crippen molar-refractivity contribution < 1.29 is 14.2 Å². The summed E-state index contributed by atoms with van der Waals surface area (Å²) in [5.41, 5.74) is 0.569. The first-order chi connectivity index (χ1) is 8.66. The van der Waals surface area contributed by atoms with E-state index in [1.807, 2.05) is 0 Å². The third kappa shape index (κ3) is 3.43. The molecule has 18 heavy (non-hydrogen) atoms. The van der Waals surface area contributed by atoms with Gasteiger partial charge < -0.3 is 9.84 Å². The van der Waals surface area contributed by atoms with E-state index in [0.717, 1.165) is 19.6 Å². The first-order valence-electron chi connectivity index (χ1n) is 6.49. The van der Waals surface area contributed by atoms with Gasteiger partial charge in [0.2, 0.25) is 0 Å². The van der Waals surface area contributed by atoms with Gasteiger partial charge in [-0.25, -0.2) is 4.39 Å². The van der Waals surface area contributed by atoms with Crippen LogP contribution in [0.2, 0.25) is 0 Å². The predicted octanol–water partition coefficient (Wildman–Crippen LogP) is 2.35. The number of hydrogen-bond acceptors (Lipinski definition) is 3. The molecule has 0 radical (unpaired) electrons. The van der Waals surface area contributed by atoms with Crippen LogP contribution in [0.25, 0.3) is 0 Å². The molecule has 1 N–H and O–H groups in total. The first-order valence-corrected chi connectivity index (χ1v) is 6.49. The second-order valence-corrected chi connectivity index (χ2v) is 4.76. The largest absolute Gasteiger partial charge is 0.489 e. The Labute approximate surface area is 107 Å². The molecule has 0 aliphatic carbocycles. The van der Waals surface area contributed by atoms with E-state index in [1.165, 1.54) is 18.9 Å². The van der Waals surface area contributed by atoms with Gasteiger partial charge in [0.1, 0.15) is 6.61 Å². The fraction of sp³-hybridized carbons (Fsp3) is 0.571. The maximum atomic E-state index is 13.7. The van der Waals surface area contributed by atoms with Crippen LogP contribution in [0.4, 0.5) is 4.39 Å². The maximum Gasteiger partial charge on any atom is 0.165 e. The molecule has 4 heteroatoms. The molecule has 1 unspecified atom stereocenters. The quantitative estimate of drug-likeness (QED) is 0.874. The summed E-state index contributed by atoms with van der Waals surface area (Å²) in [6, 6.07) is 4.61. The molecule has 3 nitrogen and oxygen atoms in total. The van der Waals surface area contributed by atoms with E-state index in [4.69, 9.17) is 4.74 Å². The van der Waals surface area contributed by atoms with Crippen molar-refractivity contribution >= 4 is 0 Å². The molecule has 1 heterocycles. The van der Waals surface area contributed by atoms with E-state index >= 15 is 0 Å². The standard InChI is InChI=1S/C14H20FNO2/c1-11(17)12-4-5-14(13(15)10-12)18-9-8-16-6-2-3-7-16/h4-5,10-11,17H,2-3,6-9H2,1H3. The van der Waals surface area contributed by atoms with Crippen molar-refractivity contribution in [3.05, 3.63) is 29.6 Å². The lowest BCUT2D eigenvalue weighted by Crippen LogP contribution is -2.25. The molecule has 0 spiro atoms. The van der Waals surface area contributed by atoms with Crippen molar-refractivity contribution in [2.45, 2.75) is 25.9 Å². The number of ether oxygens (including phenoxy) is 1. The molecule has 1 atom stereocenters. The number of likely N-dealkylation sites (tertiary alicyclic amines) is 1. The topological polar surface area (TPSA) is 32.7 Å². The van der Waals surface area contributed by atoms with Crippen LogP contribution in [-0.2, 0) is 0 Å². The molecule has 0 bridgehead atoms. The van der Waals surface area contributed by atoms with Crippen LogP contribution < -0.4 is 4.74 Å². The molecule has 1 aliphatic rings. The number of aliphatic hydroxyl groups is 1. The normalized spacial score (nSPS) is 17.9. The molecular weight excluding hydrogens is 233 g/mol. The zero-order chi connectivity index (χ0) is 13.0. The Morgan fingerprint density at radius 1 is 1.39 bits per heavy atom. The van der Waals surface area contributed by atoms with Gasteiger partial charge in [-0.2, -0.15) is 0 Å². The number of hydrogen-bond donors (Lipinski definition) is 1. The molecule has 1 aromatic carbocycles. The molecule has 0 saturated carbocycles. The van der Waals surface area contributed by atoms with Crippen LogP contribution in [0.5, 0.6) is 5.75 Å². The second-order valence-electron chi connectivity index (χ2n) is 4.76. The van der Waals surface area contributed by atoms with Crippen molar-refractivity contribution in [3.8, 4) is 5.75 Å². The third-order valence-electron chi connectivity index (χ3n) is 3.30. The summed E-state index contributed by atoms with van der Waals surface area (Å²) in [6.07, 6.45) is 1.84. The number of nitrogens with zero attached hydrogens (tertiary/aromatic N) is 1. The zero-order valence-electron chi connectivity index (χ0n) is 10.7. The van der Waals surface area contributed by atoms with Gasteiger partial charge in [-0.05, 0) is 50.6 Å². The smallest absolute Gasteiger partial charge is 0.165 e. The molecule has 0 aromatic heterocycles. The molecule has 100 valence electrons. The summed E-state index contributed by atoms with van der Waals surface area (Å²) in [5, 5.41) is 9.34. The van der Waals surface area contributed by atoms with Crippen molar-refractivity contribution in [2.75, 3.05) is 26.2 Å². The summed E-state index contributed by atoms with van der Waals surface area (Å²) in [6.45, 7) is 5.20. The van der Waals surface area contributed by atoms with Gasteiger partial charge in [0.15, 0.2) is 11.6 Å². The Bertz CT molecular complexity index is 389. The highest BCUT2D eigenvalue weighted by atomic mass is 19.1. The molecule has 1 fully saturated rings. The minimum Gasteiger partial charge on any atom is -0.489 e. The van der Waals surface area contributed by atoms with E-state index in [9.17, 15) is 9.50 Å². The molecular formula is C14H20FNO2. The zero-order valence-corrected chi connectivity index (χ0v) is 10.7. The molecule has 1 saturated heterocycles. The highest BCUT2D eigenvalue weighted by molar-refractivity contribution is 5.30. The van der Waals surface area contributed by atoms with Gasteiger partial charge >= 0.3 is 0 Å². The van der Waals surface area contributed by atoms with Gasteiger partial charge in [-0.15, -0.1) is 0 Å². The van der Waals surface area contributed by atoms with Crippen molar-refractivity contribution in [2.24, 2.45) is 0 Å². The summed E-state index contributed by atoms with van der Waals surface area (Å²) >= 11 is 0. The Hall–Kier alpha value is -1.13. The minimum atomic E-state index is -0.654. The lowest BCUT2D eigenvalue weighted by atomic mass is 10.1. The third-order valence-corrected chi connectivity index (χ3v) is 3.30. The summed E-state index contributed by atoms with van der Waals surface area (Å²) in [7, 11) is 0. The van der Waals surface area contributed by atoms with Gasteiger partial charge in [0.05, 0.1) is 6.10 Å². The maximum absolute atomic E-state index is 13.7. The lowest BCUT2D eigenvalue weighted by Gasteiger charge is -2.15. The van der Waals surface area contributed by atoms with Crippen LogP contribution in [-0.4, -0.2) is 36.2 Å². The lowest BCUT2D eigenvalue weighted by molar-refractivity contribution is 0.198. The predicted molar refractivity (Wildman–Crippen MR) is 68.2 cm³/mol. The van der Waals surface area contributed by atoms with Crippen LogP contribution in [0.1, 0.15) is 31.4 Å². The average molecular weight is 253 g/mol. The average Bonchev–Trinajstić information content (AvgIpc) is 2.84. The van der Waals surface area contributed by atoms with Crippen LogP contribution >= 0.6 is 0 Å². The summed E-state index contributed by atoms with van der Waals surface area (Å²) < 4.78 is 19.1. The Morgan fingerprint density at radius 2 is 2.11 bits per heavy atom. The molecule has 2 rings (SSSR count). The van der Waals surface area contributed by atoms with Crippen LogP contribution in [0.15, 0.2) is 18.2 Å². The number of benzene rings is 1. The van der Waals surface area contributed by atoms with Crippen LogP contribution in [0, 0.1) is 5.82 Å². The van der Waals surface area contributed by atoms with Crippen molar-refractivity contribution in [1.82, 2.24) is 4.90 Å². The number of halogens is 1. The summed E-state index contributed by atoms with van der Waals surface area (Å²) in [4.78, 5) is 2.32. The van der Waals surface area contributed by atoms with Crippen LogP contribution in [0.3, 0.4) is 0 Å². The molecule has 1 aromatic rings. The number of aliphatic hydroxyl groups excluding tert-OH is 1. The Balaban J connectivity index is 1.85. The highest BCUT2D eigenvalue weighted by Gasteiger charge is 2.12. The highest BCUT2D eigenvalue weighted by Crippen LogP contribution is 2.22. The Kier molecular flexibility index (Phi) is 4.55. The fourth-order valence-electron chi connectivity index (χ4n) is 2.18. The van der Waals surface area contributed by atoms with Gasteiger partial charge in [-0.3, -0.25) is 4.90 Å². The Morgan fingerprint density at radius 3 is 2.72 bits per heavy atom. The van der Waals surface area contributed by atoms with E-state index in [-0.39, 0.29) is 5.75 Å². The molecule has 1 aliphatic heterocycles. The van der Waals surface area contributed by atoms with Gasteiger partial charge in [-0.1, -0.05) is 6.07 Å². The first kappa shape index (κ1) is 13.3. The number of rotatable bonds is 5. The van der Waals surface area contributed by atoms with Gasteiger partial charge in [0, 0.05) is 6.54 Å². The van der Waals surface area contributed by atoms with Crippen molar-refractivity contribution in [1.29, 1.82) is 0 Å². The van der Waals surface area contributed by atoms with E-state index in [2.05, 4.69) is 4.90 Å². The minimum absolute atomic E-state index is 0.263. The SMILES string of the molecule is CC(O)c1ccc(OCCN2CCCC2)c(F)c1. The van der Waals surface area contributed by atoms with E-state index in [1.54, 1.807) is 19.1 Å². The molecule has 0 amide bonds. The fourth-order valence-corrected chi connectivity index (χ4v) is 2.18. The van der Waals surface area contributed by atoms with Crippen molar-refractivity contribution in [3.63, 3.8) is 0 Å². The second kappa shape index (κ2) is 6.16. The van der Waals surface area contributed by atoms with E-state index < -0.39 is 11.9 Å². The van der Waals surface area contributed by atoms with Gasteiger partial charge in [0.25, 0.3) is 0 Å². The summed E-state index contributed by atoms with van der Waals surface area (Å²) in [5.74, 6) is -0.145. The monoisotopic (exact) mass is 253 g/mol. The van der Waals surface area contributed by atoms with E-state index in [0.29, 0.717) is 12.2 Å².